The number of thioether (sulfide) groups is 1. The van der Waals surface area contributed by atoms with Crippen LogP contribution in [0.5, 0.6) is 0 Å². The average Bonchev–Trinajstić information content (AvgIpc) is 3.09. The quantitative estimate of drug-likeness (QED) is 0.498. The van der Waals surface area contributed by atoms with Gasteiger partial charge in [-0.1, -0.05) is 47.2 Å². The van der Waals surface area contributed by atoms with E-state index in [9.17, 15) is 8.78 Å². The van der Waals surface area contributed by atoms with E-state index in [0.29, 0.717) is 24.4 Å². The maximum absolute atomic E-state index is 13.3. The van der Waals surface area contributed by atoms with Crippen molar-refractivity contribution in [2.24, 2.45) is 5.16 Å². The van der Waals surface area contributed by atoms with E-state index in [2.05, 4.69) is 15.1 Å². The Bertz CT molecular complexity index is 822. The van der Waals surface area contributed by atoms with Crippen molar-refractivity contribution in [3.8, 4) is 11.3 Å². The fourth-order valence-electron chi connectivity index (χ4n) is 2.93. The zero-order valence-electron chi connectivity index (χ0n) is 13.5. The van der Waals surface area contributed by atoms with Gasteiger partial charge in [-0.25, -0.2) is 18.7 Å². The number of benzene rings is 1. The van der Waals surface area contributed by atoms with Crippen LogP contribution in [-0.2, 0) is 9.47 Å². The maximum atomic E-state index is 13.3. The number of aromatic nitrogens is 2. The van der Waals surface area contributed by atoms with Gasteiger partial charge in [-0.3, -0.25) is 0 Å². The van der Waals surface area contributed by atoms with E-state index in [0.717, 1.165) is 5.56 Å². The second-order valence-corrected chi connectivity index (χ2v) is 7.13. The minimum absolute atomic E-state index is 0.184. The molecule has 2 saturated heterocycles. The third-order valence-electron chi connectivity index (χ3n) is 4.21. The molecule has 3 atom stereocenters. The molecular formula is C17H15F2N3O3S. The first kappa shape index (κ1) is 17.3. The van der Waals surface area contributed by atoms with E-state index in [1.807, 2.05) is 30.3 Å². The van der Waals surface area contributed by atoms with Gasteiger partial charge in [0, 0.05) is 17.2 Å². The first-order chi connectivity index (χ1) is 12.6. The number of fused-ring (bicyclic) bond motifs is 2. The van der Waals surface area contributed by atoms with Crippen LogP contribution in [0.4, 0.5) is 8.78 Å². The average molecular weight is 379 g/mol. The molecule has 136 valence electrons. The second kappa shape index (κ2) is 7.26. The molecule has 1 aromatic carbocycles. The first-order valence-electron chi connectivity index (χ1n) is 8.01. The molecule has 26 heavy (non-hydrogen) atoms. The van der Waals surface area contributed by atoms with Gasteiger partial charge in [0.25, 0.3) is 6.43 Å². The van der Waals surface area contributed by atoms with Crippen LogP contribution in [0.1, 0.15) is 18.5 Å². The van der Waals surface area contributed by atoms with Gasteiger partial charge in [-0.05, 0) is 6.07 Å². The standard InChI is InChI=1S/C17H15F2N3O3S/c18-15(19)11-6-10(9-4-2-1-3-5-9)20-17(21-11)26-14-7-12(22-23)16-24-8-13(14)25-16/h1-6,13-16,23H,7-8H2/b22-12+/t13-,14+,16-/m1/s1. The summed E-state index contributed by atoms with van der Waals surface area (Å²) in [6, 6.07) is 10.4. The highest BCUT2D eigenvalue weighted by Gasteiger charge is 2.43. The molecule has 0 spiro atoms. The van der Waals surface area contributed by atoms with E-state index in [1.165, 1.54) is 17.8 Å². The lowest BCUT2D eigenvalue weighted by Crippen LogP contribution is -2.37. The number of oxime groups is 1. The van der Waals surface area contributed by atoms with Gasteiger partial charge >= 0.3 is 0 Å². The maximum Gasteiger partial charge on any atom is 0.280 e. The molecule has 4 rings (SSSR count). The molecule has 2 aliphatic heterocycles. The number of hydrogen-bond donors (Lipinski definition) is 1. The SMILES string of the molecule is O/N=C1\C[C@H](Sc2nc(-c3ccccc3)cc(C(F)F)n2)[C@H]2CO[C@@H]1O2. The molecule has 2 bridgehead atoms. The molecule has 1 N–H and O–H groups in total. The molecule has 0 amide bonds. The van der Waals surface area contributed by atoms with Crippen molar-refractivity contribution in [3.05, 3.63) is 42.1 Å². The summed E-state index contributed by atoms with van der Waals surface area (Å²) in [4.78, 5) is 8.42. The molecule has 0 aliphatic carbocycles. The first-order valence-corrected chi connectivity index (χ1v) is 8.89. The highest BCUT2D eigenvalue weighted by Crippen LogP contribution is 2.37. The molecule has 2 fully saturated rings. The molecule has 1 aromatic heterocycles. The largest absolute Gasteiger partial charge is 0.411 e. The van der Waals surface area contributed by atoms with Crippen molar-refractivity contribution in [1.82, 2.24) is 9.97 Å². The molecule has 0 radical (unpaired) electrons. The van der Waals surface area contributed by atoms with E-state index < -0.39 is 12.7 Å². The molecule has 3 heterocycles. The van der Waals surface area contributed by atoms with Crippen molar-refractivity contribution in [1.29, 1.82) is 0 Å². The normalized spacial score (nSPS) is 26.6. The summed E-state index contributed by atoms with van der Waals surface area (Å²) >= 11 is 1.23. The molecule has 2 aromatic rings. The zero-order valence-corrected chi connectivity index (χ0v) is 14.3. The zero-order chi connectivity index (χ0) is 18.1. The van der Waals surface area contributed by atoms with Gasteiger partial charge in [0.05, 0.1) is 18.4 Å². The lowest BCUT2D eigenvalue weighted by atomic mass is 10.1. The van der Waals surface area contributed by atoms with Crippen LogP contribution in [0.3, 0.4) is 0 Å². The van der Waals surface area contributed by atoms with Crippen LogP contribution >= 0.6 is 11.8 Å². The van der Waals surface area contributed by atoms with Crippen LogP contribution in [0.2, 0.25) is 0 Å². The Morgan fingerprint density at radius 2 is 2.04 bits per heavy atom. The van der Waals surface area contributed by atoms with Gasteiger partial charge in [0.2, 0.25) is 6.29 Å². The van der Waals surface area contributed by atoms with Crippen molar-refractivity contribution in [2.45, 2.75) is 35.6 Å². The number of ether oxygens (including phenoxy) is 2. The van der Waals surface area contributed by atoms with E-state index >= 15 is 0 Å². The van der Waals surface area contributed by atoms with E-state index in [4.69, 9.17) is 14.7 Å². The van der Waals surface area contributed by atoms with Crippen LogP contribution in [0.25, 0.3) is 11.3 Å². The van der Waals surface area contributed by atoms with Gasteiger partial charge in [-0.15, -0.1) is 0 Å². The van der Waals surface area contributed by atoms with Crippen LogP contribution in [0, 0.1) is 0 Å². The predicted molar refractivity (Wildman–Crippen MR) is 90.5 cm³/mol. The second-order valence-electron chi connectivity index (χ2n) is 5.92. The van der Waals surface area contributed by atoms with Crippen molar-refractivity contribution in [3.63, 3.8) is 0 Å². The summed E-state index contributed by atoms with van der Waals surface area (Å²) in [5, 5.41) is 12.4. The fourth-order valence-corrected chi connectivity index (χ4v) is 4.06. The summed E-state index contributed by atoms with van der Waals surface area (Å²) in [5.41, 5.74) is 1.23. The summed E-state index contributed by atoms with van der Waals surface area (Å²) in [5.74, 6) is 0. The summed E-state index contributed by atoms with van der Waals surface area (Å²) in [6.07, 6.45) is -3.14. The number of alkyl halides is 2. The number of hydrogen-bond acceptors (Lipinski definition) is 7. The number of rotatable bonds is 4. The molecule has 2 aliphatic rings. The summed E-state index contributed by atoms with van der Waals surface area (Å²) < 4.78 is 37.6. The Morgan fingerprint density at radius 1 is 1.23 bits per heavy atom. The summed E-state index contributed by atoms with van der Waals surface area (Å²) in [7, 11) is 0. The molecule has 0 unspecified atom stereocenters. The van der Waals surface area contributed by atoms with Crippen LogP contribution in [0.15, 0.2) is 46.7 Å². The van der Waals surface area contributed by atoms with Crippen LogP contribution in [-0.4, -0.2) is 45.1 Å². The van der Waals surface area contributed by atoms with Gasteiger partial charge in [0.1, 0.15) is 11.4 Å². The third kappa shape index (κ3) is 3.42. The van der Waals surface area contributed by atoms with E-state index in [1.54, 1.807) is 0 Å². The van der Waals surface area contributed by atoms with Crippen LogP contribution < -0.4 is 0 Å². The Hall–Kier alpha value is -2.10. The molecule has 6 nitrogen and oxygen atoms in total. The Morgan fingerprint density at radius 3 is 2.77 bits per heavy atom. The Balaban J connectivity index is 1.64. The van der Waals surface area contributed by atoms with Crippen molar-refractivity contribution in [2.75, 3.05) is 6.61 Å². The van der Waals surface area contributed by atoms with E-state index in [-0.39, 0.29) is 22.2 Å². The highest BCUT2D eigenvalue weighted by molar-refractivity contribution is 7.99. The molecule has 0 saturated carbocycles. The lowest BCUT2D eigenvalue weighted by molar-refractivity contribution is -0.0169. The highest BCUT2D eigenvalue weighted by atomic mass is 32.2. The van der Waals surface area contributed by atoms with Gasteiger partial charge in [0.15, 0.2) is 5.16 Å². The minimum atomic E-state index is -2.70. The fraction of sp³-hybridized carbons (Fsp3) is 0.353. The van der Waals surface area contributed by atoms with Crippen molar-refractivity contribution >= 4 is 17.5 Å². The Kier molecular flexibility index (Phi) is 4.84. The number of nitrogens with zero attached hydrogens (tertiary/aromatic N) is 3. The smallest absolute Gasteiger partial charge is 0.280 e. The summed E-state index contributed by atoms with van der Waals surface area (Å²) in [6.45, 7) is 0.349. The van der Waals surface area contributed by atoms with Gasteiger partial charge < -0.3 is 14.7 Å². The predicted octanol–water partition coefficient (Wildman–Crippen LogP) is 3.52. The van der Waals surface area contributed by atoms with Gasteiger partial charge in [-0.2, -0.15) is 0 Å². The topological polar surface area (TPSA) is 76.8 Å². The third-order valence-corrected chi connectivity index (χ3v) is 5.38. The Labute approximate surface area is 152 Å². The number of halogens is 2. The molecular weight excluding hydrogens is 364 g/mol. The lowest BCUT2D eigenvalue weighted by Gasteiger charge is -2.26. The minimum Gasteiger partial charge on any atom is -0.411 e. The monoisotopic (exact) mass is 379 g/mol. The van der Waals surface area contributed by atoms with Crippen molar-refractivity contribution < 1.29 is 23.5 Å². The molecule has 9 heteroatoms.